The van der Waals surface area contributed by atoms with Crippen molar-refractivity contribution in [3.05, 3.63) is 11.9 Å². The third-order valence-electron chi connectivity index (χ3n) is 8.49. The zero-order valence-corrected chi connectivity index (χ0v) is 31.0. The van der Waals surface area contributed by atoms with E-state index in [1.165, 1.54) is 0 Å². The average molecular weight is 679 g/mol. The number of amides is 3. The summed E-state index contributed by atoms with van der Waals surface area (Å²) in [6.45, 7) is 17.4. The number of nitrogens with zero attached hydrogens (tertiary/aromatic N) is 3. The van der Waals surface area contributed by atoms with Crippen LogP contribution in [0.4, 0.5) is 0 Å². The number of Topliss-reactive ketones (excluding diaryl/α,β-unsaturated/α-hetero) is 1. The van der Waals surface area contributed by atoms with E-state index in [2.05, 4.69) is 40.1 Å². The van der Waals surface area contributed by atoms with Crippen LogP contribution in [0.15, 0.2) is 6.20 Å². The summed E-state index contributed by atoms with van der Waals surface area (Å²) in [5, 5.41) is 17.7. The molecule has 1 heterocycles. The number of rotatable bonds is 27. The summed E-state index contributed by atoms with van der Waals surface area (Å²) in [4.78, 5) is 49.1. The first kappa shape index (κ1) is 43.1. The number of nitrogens with one attached hydrogen (secondary N) is 3. The molecule has 7 N–H and O–H groups in total. The minimum absolute atomic E-state index is 0.0150. The lowest BCUT2D eigenvalue weighted by atomic mass is 9.87. The van der Waals surface area contributed by atoms with Crippen LogP contribution in [0.2, 0.25) is 0 Å². The number of aromatic nitrogens is 3. The molecule has 0 saturated carbocycles. The smallest absolute Gasteiger partial charge is 0.228 e. The Morgan fingerprint density at radius 1 is 0.917 bits per heavy atom. The number of carbonyl (C=O) groups excluding carboxylic acids is 4. The predicted molar refractivity (Wildman–Crippen MR) is 189 cm³/mol. The molecule has 0 bridgehead atoms. The van der Waals surface area contributed by atoms with E-state index in [1.54, 1.807) is 4.68 Å². The quantitative estimate of drug-likeness (QED) is 0.0526. The molecule has 3 amide bonds. The van der Waals surface area contributed by atoms with E-state index >= 15 is 0 Å². The lowest BCUT2D eigenvalue weighted by Crippen LogP contribution is -2.41. The Morgan fingerprint density at radius 2 is 1.52 bits per heavy atom. The fourth-order valence-corrected chi connectivity index (χ4v) is 5.33. The second-order valence-corrected chi connectivity index (χ2v) is 14.7. The molecule has 3 atom stereocenters. The molecule has 3 unspecified atom stereocenters. The van der Waals surface area contributed by atoms with Gasteiger partial charge in [-0.1, -0.05) is 31.9 Å². The molecule has 13 heteroatoms. The third-order valence-corrected chi connectivity index (χ3v) is 8.49. The van der Waals surface area contributed by atoms with Gasteiger partial charge in [0.1, 0.15) is 5.78 Å². The van der Waals surface area contributed by atoms with Gasteiger partial charge in [-0.25, -0.2) is 4.68 Å². The second kappa shape index (κ2) is 21.9. The summed E-state index contributed by atoms with van der Waals surface area (Å²) in [7, 11) is 0. The lowest BCUT2D eigenvalue weighted by Gasteiger charge is -2.31. The number of hydrogen-bond donors (Lipinski definition) is 5. The van der Waals surface area contributed by atoms with E-state index in [0.29, 0.717) is 70.0 Å². The summed E-state index contributed by atoms with van der Waals surface area (Å²) < 4.78 is 7.99. The van der Waals surface area contributed by atoms with Gasteiger partial charge in [0, 0.05) is 50.5 Å². The van der Waals surface area contributed by atoms with Crippen LogP contribution in [0.3, 0.4) is 0 Å². The highest BCUT2D eigenvalue weighted by Gasteiger charge is 2.29. The van der Waals surface area contributed by atoms with Crippen molar-refractivity contribution >= 4 is 23.5 Å². The summed E-state index contributed by atoms with van der Waals surface area (Å²) in [6.07, 6.45) is 9.51. The van der Waals surface area contributed by atoms with Gasteiger partial charge in [0.25, 0.3) is 0 Å². The molecule has 0 aromatic carbocycles. The van der Waals surface area contributed by atoms with Gasteiger partial charge in [-0.2, -0.15) is 0 Å². The molecule has 48 heavy (non-hydrogen) atoms. The second-order valence-electron chi connectivity index (χ2n) is 14.7. The van der Waals surface area contributed by atoms with Gasteiger partial charge in [-0.05, 0) is 86.5 Å². The molecule has 0 saturated heterocycles. The van der Waals surface area contributed by atoms with E-state index in [4.69, 9.17) is 16.2 Å². The van der Waals surface area contributed by atoms with E-state index in [1.807, 2.05) is 47.7 Å². The molecule has 0 fully saturated rings. The largest absolute Gasteiger partial charge is 0.373 e. The predicted octanol–water partition coefficient (Wildman–Crippen LogP) is 3.48. The summed E-state index contributed by atoms with van der Waals surface area (Å²) in [6, 6.07) is 0.356. The molecule has 0 aliphatic carbocycles. The van der Waals surface area contributed by atoms with Gasteiger partial charge in [-0.15, -0.1) is 5.10 Å². The van der Waals surface area contributed by atoms with Crippen molar-refractivity contribution in [2.45, 2.75) is 156 Å². The first-order valence-corrected chi connectivity index (χ1v) is 17.9. The van der Waals surface area contributed by atoms with Crippen LogP contribution < -0.4 is 27.4 Å². The monoisotopic (exact) mass is 679 g/mol. The summed E-state index contributed by atoms with van der Waals surface area (Å²) in [5.41, 5.74) is 11.2. The van der Waals surface area contributed by atoms with E-state index < -0.39 is 23.0 Å². The maximum absolute atomic E-state index is 12.5. The van der Waals surface area contributed by atoms with Crippen molar-refractivity contribution in [1.82, 2.24) is 30.9 Å². The van der Waals surface area contributed by atoms with Crippen LogP contribution in [0.1, 0.15) is 132 Å². The Balaban J connectivity index is 2.36. The highest BCUT2D eigenvalue weighted by atomic mass is 16.5. The topological polar surface area (TPSA) is 196 Å². The van der Waals surface area contributed by atoms with E-state index in [9.17, 15) is 19.2 Å². The van der Waals surface area contributed by atoms with Gasteiger partial charge in [0.15, 0.2) is 0 Å². The molecule has 13 nitrogen and oxygen atoms in total. The van der Waals surface area contributed by atoms with Crippen LogP contribution >= 0.6 is 0 Å². The molecule has 0 aliphatic rings. The van der Waals surface area contributed by atoms with Crippen molar-refractivity contribution in [3.63, 3.8) is 0 Å². The van der Waals surface area contributed by atoms with Crippen molar-refractivity contribution in [1.29, 1.82) is 0 Å². The van der Waals surface area contributed by atoms with Gasteiger partial charge in [0.2, 0.25) is 17.7 Å². The number of nitrogens with two attached hydrogens (primary N) is 2. The number of ketones is 1. The molecule has 0 aliphatic heterocycles. The van der Waals surface area contributed by atoms with Gasteiger partial charge in [-0.3, -0.25) is 24.5 Å². The standard InChI is InChI=1S/C35H66N8O5/c1-9-14-26(4)32(46)28(33(37)47)15-10-12-21-38-30(44)18-17-27-23-43(42-41-27)34(5,6)24-48-35(7,8)20-19-31(45)39-22-13-11-16-29(36)40-25(2)3/h23,25-26,28-29,40H,9-22,24,36H2,1-8H3,(H2,37,47)(H,38,44)(H,39,45). The Bertz CT molecular complexity index is 1120. The fourth-order valence-electron chi connectivity index (χ4n) is 5.33. The maximum atomic E-state index is 12.5. The highest BCUT2D eigenvalue weighted by Crippen LogP contribution is 2.23. The summed E-state index contributed by atoms with van der Waals surface area (Å²) in [5.74, 6) is -1.68. The van der Waals surface area contributed by atoms with E-state index in [0.717, 1.165) is 32.1 Å². The normalized spacial score (nSPS) is 14.0. The van der Waals surface area contributed by atoms with Gasteiger partial charge >= 0.3 is 0 Å². The van der Waals surface area contributed by atoms with Crippen molar-refractivity contribution < 1.29 is 23.9 Å². The van der Waals surface area contributed by atoms with Gasteiger partial charge < -0.3 is 26.8 Å². The highest BCUT2D eigenvalue weighted by molar-refractivity contribution is 6.01. The van der Waals surface area contributed by atoms with Crippen molar-refractivity contribution in [2.75, 3.05) is 19.7 Å². The van der Waals surface area contributed by atoms with Crippen LogP contribution in [0, 0.1) is 11.8 Å². The Morgan fingerprint density at radius 3 is 2.10 bits per heavy atom. The minimum Gasteiger partial charge on any atom is -0.373 e. The number of aryl methyl sites for hydroxylation is 1. The number of carbonyl (C=O) groups is 4. The van der Waals surface area contributed by atoms with Crippen LogP contribution in [0.25, 0.3) is 0 Å². The molecule has 1 rings (SSSR count). The average Bonchev–Trinajstić information content (AvgIpc) is 3.49. The molecule has 1 aromatic heterocycles. The Kier molecular flexibility index (Phi) is 19.7. The lowest BCUT2D eigenvalue weighted by molar-refractivity contribution is -0.135. The number of ether oxygens (including phenoxy) is 1. The zero-order chi connectivity index (χ0) is 36.3. The van der Waals surface area contributed by atoms with E-state index in [-0.39, 0.29) is 36.1 Å². The van der Waals surface area contributed by atoms with Crippen LogP contribution in [0.5, 0.6) is 0 Å². The van der Waals surface area contributed by atoms with Gasteiger partial charge in [0.05, 0.1) is 35.5 Å². The third kappa shape index (κ3) is 18.0. The van der Waals surface area contributed by atoms with Crippen LogP contribution in [-0.2, 0) is 35.9 Å². The van der Waals surface area contributed by atoms with Crippen LogP contribution in [-0.4, -0.2) is 76.0 Å². The molecular weight excluding hydrogens is 612 g/mol. The minimum atomic E-state index is -0.764. The first-order valence-electron chi connectivity index (χ1n) is 17.9. The molecule has 0 spiro atoms. The fraction of sp³-hybridized carbons (Fsp3) is 0.829. The Labute approximate surface area is 288 Å². The SMILES string of the molecule is CCCC(C)C(=O)C(CCCCNC(=O)CCc1cn(C(C)(C)COC(C)(C)CCC(=O)NCCCCC(N)NC(C)C)nn1)C(N)=O. The molecule has 0 radical (unpaired) electrons. The summed E-state index contributed by atoms with van der Waals surface area (Å²) >= 11 is 0. The van der Waals surface area contributed by atoms with Crippen molar-refractivity contribution in [2.24, 2.45) is 23.3 Å². The zero-order valence-electron chi connectivity index (χ0n) is 31.0. The molecule has 276 valence electrons. The first-order chi connectivity index (χ1) is 22.5. The maximum Gasteiger partial charge on any atom is 0.228 e. The Hall–Kier alpha value is -2.90. The molecule has 1 aromatic rings. The number of hydrogen-bond acceptors (Lipinski definition) is 9. The number of primary amides is 1. The molecular formula is C35H66N8O5. The van der Waals surface area contributed by atoms with Crippen molar-refractivity contribution in [3.8, 4) is 0 Å². The number of unbranched alkanes of at least 4 members (excludes halogenated alkanes) is 2.